The number of nitrogens with zero attached hydrogens (tertiary/aromatic N) is 1. The lowest BCUT2D eigenvalue weighted by Crippen LogP contribution is -2.23. The van der Waals surface area contributed by atoms with Gasteiger partial charge in [-0.05, 0) is 28.1 Å². The van der Waals surface area contributed by atoms with Crippen LogP contribution in [0.15, 0.2) is 22.7 Å². The van der Waals surface area contributed by atoms with Crippen molar-refractivity contribution in [3.63, 3.8) is 0 Å². The van der Waals surface area contributed by atoms with Gasteiger partial charge in [0.15, 0.2) is 0 Å². The smallest absolute Gasteiger partial charge is 0.414 e. The predicted molar refractivity (Wildman–Crippen MR) is 59.4 cm³/mol. The van der Waals surface area contributed by atoms with Crippen molar-refractivity contribution in [2.45, 2.75) is 0 Å². The van der Waals surface area contributed by atoms with Crippen molar-refractivity contribution in [1.29, 1.82) is 0 Å². The van der Waals surface area contributed by atoms with E-state index in [1.165, 1.54) is 0 Å². The molecule has 0 atom stereocenters. The maximum absolute atomic E-state index is 11.4. The number of benzene rings is 1. The van der Waals surface area contributed by atoms with E-state index in [2.05, 4.69) is 15.9 Å². The highest BCUT2D eigenvalue weighted by Crippen LogP contribution is 2.31. The molecule has 80 valence electrons. The highest BCUT2D eigenvalue weighted by molar-refractivity contribution is 9.10. The van der Waals surface area contributed by atoms with E-state index in [1.54, 1.807) is 18.1 Å². The van der Waals surface area contributed by atoms with Crippen molar-refractivity contribution in [1.82, 2.24) is 0 Å². The van der Waals surface area contributed by atoms with Gasteiger partial charge >= 0.3 is 6.09 Å². The van der Waals surface area contributed by atoms with Crippen LogP contribution in [-0.4, -0.2) is 26.4 Å². The number of hydrogen-bond donors (Lipinski definition) is 0. The van der Waals surface area contributed by atoms with Crippen molar-refractivity contribution in [2.75, 3.05) is 25.2 Å². The predicted octanol–water partition coefficient (Wildman–Crippen LogP) is 2.41. The van der Waals surface area contributed by atoms with Gasteiger partial charge in [-0.2, -0.15) is 0 Å². The molecule has 1 aromatic rings. The lowest BCUT2D eigenvalue weighted by atomic mass is 10.3. The van der Waals surface area contributed by atoms with Crippen LogP contribution in [0.2, 0.25) is 0 Å². The highest BCUT2D eigenvalue weighted by Gasteiger charge is 2.25. The van der Waals surface area contributed by atoms with Crippen LogP contribution in [0.25, 0.3) is 0 Å². The fourth-order valence-electron chi connectivity index (χ4n) is 1.44. The van der Waals surface area contributed by atoms with E-state index < -0.39 is 0 Å². The number of halogens is 1. The SMILES string of the molecule is COc1ccc(Br)c(N2CCOC2=O)c1. The number of anilines is 1. The summed E-state index contributed by atoms with van der Waals surface area (Å²) in [6.45, 7) is 1.01. The van der Waals surface area contributed by atoms with Crippen LogP contribution >= 0.6 is 15.9 Å². The van der Waals surface area contributed by atoms with E-state index in [0.29, 0.717) is 18.9 Å². The minimum Gasteiger partial charge on any atom is -0.497 e. The zero-order chi connectivity index (χ0) is 10.8. The summed E-state index contributed by atoms with van der Waals surface area (Å²) < 4.78 is 10.8. The first-order valence-corrected chi connectivity index (χ1v) is 5.29. The molecule has 1 aliphatic rings. The summed E-state index contributed by atoms with van der Waals surface area (Å²) in [4.78, 5) is 12.9. The summed E-state index contributed by atoms with van der Waals surface area (Å²) in [6.07, 6.45) is -0.316. The summed E-state index contributed by atoms with van der Waals surface area (Å²) in [7, 11) is 1.59. The third-order valence-corrected chi connectivity index (χ3v) is 2.88. The molecule has 0 N–H and O–H groups in total. The van der Waals surface area contributed by atoms with Crippen LogP contribution < -0.4 is 9.64 Å². The van der Waals surface area contributed by atoms with Crippen LogP contribution in [0.3, 0.4) is 0 Å². The molecule has 5 heteroatoms. The summed E-state index contributed by atoms with van der Waals surface area (Å²) in [5.41, 5.74) is 0.775. The van der Waals surface area contributed by atoms with Gasteiger partial charge in [-0.25, -0.2) is 4.79 Å². The maximum atomic E-state index is 11.4. The minimum atomic E-state index is -0.316. The van der Waals surface area contributed by atoms with Gasteiger partial charge in [0.1, 0.15) is 12.4 Å². The van der Waals surface area contributed by atoms with Crippen molar-refractivity contribution >= 4 is 27.7 Å². The Labute approximate surface area is 95.9 Å². The average Bonchev–Trinajstić information content (AvgIpc) is 2.65. The molecule has 0 unspecified atom stereocenters. The van der Waals surface area contributed by atoms with E-state index in [9.17, 15) is 4.79 Å². The molecule has 0 bridgehead atoms. The van der Waals surface area contributed by atoms with Gasteiger partial charge in [-0.1, -0.05) is 0 Å². The summed E-state index contributed by atoms with van der Waals surface area (Å²) in [6, 6.07) is 5.48. The maximum Gasteiger partial charge on any atom is 0.414 e. The fraction of sp³-hybridized carbons (Fsp3) is 0.300. The monoisotopic (exact) mass is 271 g/mol. The van der Waals surface area contributed by atoms with Gasteiger partial charge in [0.2, 0.25) is 0 Å². The molecule has 1 fully saturated rings. The Morgan fingerprint density at radius 1 is 1.53 bits per heavy atom. The topological polar surface area (TPSA) is 38.8 Å². The first-order chi connectivity index (χ1) is 7.22. The second-order valence-corrected chi connectivity index (χ2v) is 3.94. The average molecular weight is 272 g/mol. The lowest BCUT2D eigenvalue weighted by Gasteiger charge is -2.15. The zero-order valence-corrected chi connectivity index (χ0v) is 9.78. The molecule has 4 nitrogen and oxygen atoms in total. The van der Waals surface area contributed by atoms with E-state index in [0.717, 1.165) is 10.2 Å². The second-order valence-electron chi connectivity index (χ2n) is 3.08. The lowest BCUT2D eigenvalue weighted by molar-refractivity contribution is 0.181. The number of ether oxygens (including phenoxy) is 2. The zero-order valence-electron chi connectivity index (χ0n) is 8.20. The first kappa shape index (κ1) is 10.3. The number of cyclic esters (lactones) is 1. The van der Waals surface area contributed by atoms with E-state index >= 15 is 0 Å². The standard InChI is InChI=1S/C10H10BrNO3/c1-14-7-2-3-8(11)9(6-7)12-4-5-15-10(12)13/h2-3,6H,4-5H2,1H3. The number of amides is 1. The van der Waals surface area contributed by atoms with Crippen molar-refractivity contribution in [2.24, 2.45) is 0 Å². The van der Waals surface area contributed by atoms with Crippen LogP contribution in [0.5, 0.6) is 5.75 Å². The molecule has 0 spiro atoms. The molecule has 0 aliphatic carbocycles. The number of hydrogen-bond acceptors (Lipinski definition) is 3. The Hall–Kier alpha value is -1.23. The van der Waals surface area contributed by atoms with Gasteiger partial charge in [-0.3, -0.25) is 4.90 Å². The molecule has 1 saturated heterocycles. The minimum absolute atomic E-state index is 0.316. The Morgan fingerprint density at radius 2 is 2.33 bits per heavy atom. The summed E-state index contributed by atoms with van der Waals surface area (Å²) in [5, 5.41) is 0. The molecular weight excluding hydrogens is 262 g/mol. The molecule has 0 saturated carbocycles. The van der Waals surface area contributed by atoms with Gasteiger partial charge in [0, 0.05) is 10.5 Å². The van der Waals surface area contributed by atoms with E-state index in [1.807, 2.05) is 12.1 Å². The Balaban J connectivity index is 2.37. The highest BCUT2D eigenvalue weighted by atomic mass is 79.9. The molecule has 0 aromatic heterocycles. The number of methoxy groups -OCH3 is 1. The van der Waals surface area contributed by atoms with Crippen molar-refractivity contribution in [3.05, 3.63) is 22.7 Å². The fourth-order valence-corrected chi connectivity index (χ4v) is 1.90. The molecule has 2 rings (SSSR count). The molecule has 15 heavy (non-hydrogen) atoms. The van der Waals surface area contributed by atoms with Gasteiger partial charge < -0.3 is 9.47 Å². The van der Waals surface area contributed by atoms with Crippen LogP contribution in [0.1, 0.15) is 0 Å². The molecule has 1 aliphatic heterocycles. The molecule has 1 heterocycles. The van der Waals surface area contributed by atoms with E-state index in [-0.39, 0.29) is 6.09 Å². The van der Waals surface area contributed by atoms with Gasteiger partial charge in [0.25, 0.3) is 0 Å². The number of rotatable bonds is 2. The Morgan fingerprint density at radius 3 is 2.93 bits per heavy atom. The van der Waals surface area contributed by atoms with Gasteiger partial charge in [0.05, 0.1) is 19.3 Å². The largest absolute Gasteiger partial charge is 0.497 e. The first-order valence-electron chi connectivity index (χ1n) is 4.50. The molecule has 0 radical (unpaired) electrons. The van der Waals surface area contributed by atoms with Gasteiger partial charge in [-0.15, -0.1) is 0 Å². The van der Waals surface area contributed by atoms with Crippen LogP contribution in [0, 0.1) is 0 Å². The number of carbonyl (C=O) groups is 1. The number of carbonyl (C=O) groups excluding carboxylic acids is 1. The third-order valence-electron chi connectivity index (χ3n) is 2.20. The molecular formula is C10H10BrNO3. The molecule has 1 amide bonds. The van der Waals surface area contributed by atoms with Crippen molar-refractivity contribution < 1.29 is 14.3 Å². The van der Waals surface area contributed by atoms with Crippen molar-refractivity contribution in [3.8, 4) is 5.75 Å². The Bertz CT molecular complexity index is 394. The second kappa shape index (κ2) is 4.10. The quantitative estimate of drug-likeness (QED) is 0.829. The summed E-state index contributed by atoms with van der Waals surface area (Å²) >= 11 is 3.39. The van der Waals surface area contributed by atoms with Crippen LogP contribution in [0.4, 0.5) is 10.5 Å². The Kier molecular flexibility index (Phi) is 2.81. The van der Waals surface area contributed by atoms with E-state index in [4.69, 9.17) is 9.47 Å². The van der Waals surface area contributed by atoms with Crippen LogP contribution in [-0.2, 0) is 4.74 Å². The molecule has 1 aromatic carbocycles. The normalized spacial score (nSPS) is 15.3. The summed E-state index contributed by atoms with van der Waals surface area (Å²) in [5.74, 6) is 0.716. The third kappa shape index (κ3) is 1.92.